The molecule has 0 aliphatic carbocycles. The van der Waals surface area contributed by atoms with Gasteiger partial charge in [0.25, 0.3) is 12.3 Å². The Morgan fingerprint density at radius 2 is 2.14 bits per heavy atom. The van der Waals surface area contributed by atoms with E-state index in [1.165, 1.54) is 6.92 Å². The number of primary amides is 1. The summed E-state index contributed by atoms with van der Waals surface area (Å²) in [6, 6.07) is 0.662. The number of amides is 1. The summed E-state index contributed by atoms with van der Waals surface area (Å²) in [5.74, 6) is -2.04. The van der Waals surface area contributed by atoms with E-state index in [1.807, 2.05) is 0 Å². The summed E-state index contributed by atoms with van der Waals surface area (Å²) in [6.07, 6.45) is -2.85. The number of carbonyl (C=O) groups is 1. The van der Waals surface area contributed by atoms with Crippen LogP contribution in [0.3, 0.4) is 0 Å². The van der Waals surface area contributed by atoms with Crippen LogP contribution in [0.15, 0.2) is 6.07 Å². The van der Waals surface area contributed by atoms with Crippen molar-refractivity contribution in [3.05, 3.63) is 28.8 Å². The number of carbonyl (C=O) groups excluding carboxylic acids is 1. The Labute approximate surface area is 77.7 Å². The van der Waals surface area contributed by atoms with Gasteiger partial charge in [0.15, 0.2) is 5.82 Å². The van der Waals surface area contributed by atoms with Gasteiger partial charge in [-0.3, -0.25) is 4.79 Å². The maximum atomic E-state index is 13.1. The molecular weight excluding hydrogens is 197 g/mol. The molecule has 3 nitrogen and oxygen atoms in total. The lowest BCUT2D eigenvalue weighted by atomic mass is 10.1. The fraction of sp³-hybridized carbons (Fsp3) is 0.250. The first-order chi connectivity index (χ1) is 6.43. The number of halogens is 3. The Balaban J connectivity index is 3.35. The molecule has 0 aromatic carbocycles. The Bertz CT molecular complexity index is 379. The molecule has 0 unspecified atom stereocenters. The fourth-order valence-electron chi connectivity index (χ4n) is 0.972. The van der Waals surface area contributed by atoms with Crippen LogP contribution in [0.4, 0.5) is 13.2 Å². The number of pyridine rings is 1. The first kappa shape index (κ1) is 10.5. The average Bonchev–Trinajstić information content (AvgIpc) is 2.08. The van der Waals surface area contributed by atoms with Crippen molar-refractivity contribution in [1.82, 2.24) is 4.98 Å². The molecule has 1 heterocycles. The van der Waals surface area contributed by atoms with Crippen molar-refractivity contribution >= 4 is 5.91 Å². The lowest BCUT2D eigenvalue weighted by molar-refractivity contribution is 0.0995. The molecule has 0 saturated carbocycles. The van der Waals surface area contributed by atoms with Crippen molar-refractivity contribution in [3.63, 3.8) is 0 Å². The molecule has 0 spiro atoms. The summed E-state index contributed by atoms with van der Waals surface area (Å²) >= 11 is 0. The van der Waals surface area contributed by atoms with E-state index in [9.17, 15) is 18.0 Å². The summed E-state index contributed by atoms with van der Waals surface area (Å²) in [4.78, 5) is 13.9. The highest BCUT2D eigenvalue weighted by Gasteiger charge is 2.18. The van der Waals surface area contributed by atoms with Crippen LogP contribution in [0.5, 0.6) is 0 Å². The highest BCUT2D eigenvalue weighted by atomic mass is 19.3. The third-order valence-electron chi connectivity index (χ3n) is 1.63. The van der Waals surface area contributed by atoms with E-state index in [0.717, 1.165) is 0 Å². The molecular formula is C8H7F3N2O. The van der Waals surface area contributed by atoms with Crippen LogP contribution in [-0.4, -0.2) is 10.9 Å². The predicted molar refractivity (Wildman–Crippen MR) is 42.4 cm³/mol. The van der Waals surface area contributed by atoms with Crippen LogP contribution in [0.2, 0.25) is 0 Å². The molecule has 0 fully saturated rings. The number of nitrogens with two attached hydrogens (primary N) is 1. The number of hydrogen-bond acceptors (Lipinski definition) is 2. The highest BCUT2D eigenvalue weighted by Crippen LogP contribution is 2.20. The maximum absolute atomic E-state index is 13.1. The molecule has 14 heavy (non-hydrogen) atoms. The van der Waals surface area contributed by atoms with Gasteiger partial charge in [-0.05, 0) is 13.0 Å². The van der Waals surface area contributed by atoms with Gasteiger partial charge in [0.1, 0.15) is 5.69 Å². The van der Waals surface area contributed by atoms with Crippen LogP contribution >= 0.6 is 0 Å². The minimum atomic E-state index is -2.85. The molecule has 1 rings (SSSR count). The monoisotopic (exact) mass is 204 g/mol. The molecule has 76 valence electrons. The van der Waals surface area contributed by atoms with E-state index >= 15 is 0 Å². The van der Waals surface area contributed by atoms with Gasteiger partial charge in [-0.15, -0.1) is 0 Å². The molecule has 1 amide bonds. The third-order valence-corrected chi connectivity index (χ3v) is 1.63. The number of nitrogens with zero attached hydrogens (tertiary/aromatic N) is 1. The molecule has 6 heteroatoms. The van der Waals surface area contributed by atoms with Gasteiger partial charge in [-0.2, -0.15) is 0 Å². The van der Waals surface area contributed by atoms with Gasteiger partial charge in [-0.1, -0.05) is 0 Å². The van der Waals surface area contributed by atoms with E-state index in [1.54, 1.807) is 0 Å². The summed E-state index contributed by atoms with van der Waals surface area (Å²) in [6.45, 7) is 1.19. The number of rotatable bonds is 2. The Morgan fingerprint density at radius 1 is 1.57 bits per heavy atom. The first-order valence-electron chi connectivity index (χ1n) is 3.68. The number of alkyl halides is 2. The largest absolute Gasteiger partial charge is 0.366 e. The zero-order valence-electron chi connectivity index (χ0n) is 7.22. The average molecular weight is 204 g/mol. The van der Waals surface area contributed by atoms with Crippen molar-refractivity contribution < 1.29 is 18.0 Å². The first-order valence-corrected chi connectivity index (χ1v) is 3.68. The molecule has 0 radical (unpaired) electrons. The maximum Gasteiger partial charge on any atom is 0.280 e. The van der Waals surface area contributed by atoms with E-state index in [2.05, 4.69) is 4.98 Å². The van der Waals surface area contributed by atoms with Crippen molar-refractivity contribution in [3.8, 4) is 0 Å². The Hall–Kier alpha value is -1.59. The van der Waals surface area contributed by atoms with Crippen molar-refractivity contribution in [2.24, 2.45) is 5.73 Å². The predicted octanol–water partition coefficient (Wildman–Crippen LogP) is 1.57. The molecule has 2 N–H and O–H groups in total. The molecule has 1 aromatic rings. The van der Waals surface area contributed by atoms with Crippen molar-refractivity contribution in [1.29, 1.82) is 0 Å². The number of aryl methyl sites for hydroxylation is 1. The van der Waals surface area contributed by atoms with E-state index in [0.29, 0.717) is 6.07 Å². The van der Waals surface area contributed by atoms with Gasteiger partial charge >= 0.3 is 0 Å². The van der Waals surface area contributed by atoms with Gasteiger partial charge in [-0.25, -0.2) is 18.2 Å². The molecule has 0 saturated heterocycles. The lowest BCUT2D eigenvalue weighted by Crippen LogP contribution is -2.15. The minimum absolute atomic E-state index is 0.267. The molecule has 0 aliphatic rings. The third kappa shape index (κ3) is 1.84. The van der Waals surface area contributed by atoms with Crippen LogP contribution < -0.4 is 5.73 Å². The highest BCUT2D eigenvalue weighted by molar-refractivity contribution is 5.93. The zero-order valence-corrected chi connectivity index (χ0v) is 7.22. The second-order valence-corrected chi connectivity index (χ2v) is 2.66. The Kier molecular flexibility index (Phi) is 2.73. The van der Waals surface area contributed by atoms with Crippen LogP contribution in [0, 0.1) is 12.7 Å². The SMILES string of the molecule is Cc1nc(C(F)F)cc(C(N)=O)c1F. The van der Waals surface area contributed by atoms with Gasteiger partial charge < -0.3 is 5.73 Å². The molecule has 0 atom stereocenters. The standard InChI is InChI=1S/C8H7F3N2O/c1-3-6(9)4(8(12)14)2-5(13-3)7(10)11/h2,7H,1H3,(H2,12,14). The summed E-state index contributed by atoms with van der Waals surface area (Å²) < 4.78 is 37.5. The van der Waals surface area contributed by atoms with Crippen molar-refractivity contribution in [2.45, 2.75) is 13.3 Å². The van der Waals surface area contributed by atoms with E-state index < -0.39 is 29.4 Å². The van der Waals surface area contributed by atoms with Crippen LogP contribution in [0.25, 0.3) is 0 Å². The van der Waals surface area contributed by atoms with Crippen LogP contribution in [0.1, 0.15) is 28.2 Å². The smallest absolute Gasteiger partial charge is 0.280 e. The van der Waals surface area contributed by atoms with Gasteiger partial charge in [0, 0.05) is 0 Å². The number of aromatic nitrogens is 1. The quantitative estimate of drug-likeness (QED) is 0.794. The minimum Gasteiger partial charge on any atom is -0.366 e. The van der Waals surface area contributed by atoms with Crippen molar-refractivity contribution in [2.75, 3.05) is 0 Å². The number of hydrogen-bond donors (Lipinski definition) is 1. The lowest BCUT2D eigenvalue weighted by Gasteiger charge is -2.05. The molecule has 1 aromatic heterocycles. The molecule has 0 bridgehead atoms. The van der Waals surface area contributed by atoms with Gasteiger partial charge in [0.2, 0.25) is 0 Å². The topological polar surface area (TPSA) is 56.0 Å². The van der Waals surface area contributed by atoms with Crippen LogP contribution in [-0.2, 0) is 0 Å². The second kappa shape index (κ2) is 3.65. The molecule has 0 aliphatic heterocycles. The van der Waals surface area contributed by atoms with Gasteiger partial charge in [0.05, 0.1) is 11.3 Å². The van der Waals surface area contributed by atoms with E-state index in [-0.39, 0.29) is 5.69 Å². The Morgan fingerprint density at radius 3 is 2.57 bits per heavy atom. The summed E-state index contributed by atoms with van der Waals surface area (Å²) in [5, 5.41) is 0. The zero-order chi connectivity index (χ0) is 10.9. The normalized spacial score (nSPS) is 10.6. The second-order valence-electron chi connectivity index (χ2n) is 2.66. The summed E-state index contributed by atoms with van der Waals surface area (Å²) in [7, 11) is 0. The van der Waals surface area contributed by atoms with E-state index in [4.69, 9.17) is 5.73 Å². The summed E-state index contributed by atoms with van der Waals surface area (Å²) in [5.41, 5.74) is 3.32. The fourth-order valence-corrected chi connectivity index (χ4v) is 0.972.